The van der Waals surface area contributed by atoms with E-state index in [-0.39, 0.29) is 11.8 Å². The number of carbonyl (C=O) groups is 2. The molecule has 2 N–H and O–H groups in total. The maximum absolute atomic E-state index is 13.9. The SMILES string of the molecule is CN1CCN(c2cccc(N(C(N)=O)C3N=C(C4CCCCCC4)c4ccccc4N(C)C3=O)c2)CC1. The lowest BCUT2D eigenvalue weighted by Gasteiger charge is -2.35. The predicted molar refractivity (Wildman–Crippen MR) is 150 cm³/mol. The summed E-state index contributed by atoms with van der Waals surface area (Å²) in [4.78, 5) is 39.6. The lowest BCUT2D eigenvalue weighted by Crippen LogP contribution is -2.51. The van der Waals surface area contributed by atoms with Crippen molar-refractivity contribution >= 4 is 34.7 Å². The summed E-state index contributed by atoms with van der Waals surface area (Å²) in [5, 5.41) is 0. The van der Waals surface area contributed by atoms with Gasteiger partial charge < -0.3 is 20.4 Å². The second kappa shape index (κ2) is 10.9. The Balaban J connectivity index is 1.57. The van der Waals surface area contributed by atoms with Crippen molar-refractivity contribution in [1.82, 2.24) is 4.90 Å². The maximum Gasteiger partial charge on any atom is 0.321 e. The Hall–Kier alpha value is -3.39. The summed E-state index contributed by atoms with van der Waals surface area (Å²) >= 11 is 0. The lowest BCUT2D eigenvalue weighted by atomic mass is 9.89. The number of hydrogen-bond acceptors (Lipinski definition) is 5. The molecule has 196 valence electrons. The van der Waals surface area contributed by atoms with Crippen LogP contribution in [0, 0.1) is 5.92 Å². The highest BCUT2D eigenvalue weighted by Gasteiger charge is 2.38. The fraction of sp³-hybridized carbons (Fsp3) is 0.483. The lowest BCUT2D eigenvalue weighted by molar-refractivity contribution is -0.119. The molecular weight excluding hydrogens is 464 g/mol. The van der Waals surface area contributed by atoms with Crippen LogP contribution in [0.1, 0.15) is 44.1 Å². The predicted octanol–water partition coefficient (Wildman–Crippen LogP) is 4.09. The van der Waals surface area contributed by atoms with E-state index in [9.17, 15) is 9.59 Å². The van der Waals surface area contributed by atoms with E-state index >= 15 is 0 Å². The molecule has 1 atom stereocenters. The number of urea groups is 1. The highest BCUT2D eigenvalue weighted by Crippen LogP contribution is 2.35. The number of piperazine rings is 1. The molecule has 2 aromatic carbocycles. The summed E-state index contributed by atoms with van der Waals surface area (Å²) in [6, 6.07) is 15.0. The second-order valence-corrected chi connectivity index (χ2v) is 10.5. The average molecular weight is 503 g/mol. The molecule has 2 heterocycles. The van der Waals surface area contributed by atoms with Crippen LogP contribution in [0.4, 0.5) is 21.9 Å². The number of primary amides is 1. The van der Waals surface area contributed by atoms with E-state index in [1.807, 2.05) is 48.5 Å². The van der Waals surface area contributed by atoms with Gasteiger partial charge in [-0.15, -0.1) is 0 Å². The van der Waals surface area contributed by atoms with Gasteiger partial charge in [0.25, 0.3) is 5.91 Å². The molecule has 8 nitrogen and oxygen atoms in total. The molecule has 0 bridgehead atoms. The van der Waals surface area contributed by atoms with Gasteiger partial charge in [0.05, 0.1) is 17.1 Å². The number of fused-ring (bicyclic) bond motifs is 1. The Morgan fingerprint density at radius 3 is 2.35 bits per heavy atom. The molecule has 8 heteroatoms. The molecule has 1 aliphatic carbocycles. The number of aliphatic imine (C=N–C) groups is 1. The van der Waals surface area contributed by atoms with Crippen LogP contribution in [-0.4, -0.2) is 69.0 Å². The number of benzene rings is 2. The fourth-order valence-electron chi connectivity index (χ4n) is 5.87. The van der Waals surface area contributed by atoms with Crippen molar-refractivity contribution in [2.75, 3.05) is 55.0 Å². The zero-order chi connectivity index (χ0) is 25.9. The maximum atomic E-state index is 13.9. The van der Waals surface area contributed by atoms with Crippen molar-refractivity contribution in [2.24, 2.45) is 16.6 Å². The summed E-state index contributed by atoms with van der Waals surface area (Å²) in [5.41, 5.74) is 10.3. The van der Waals surface area contributed by atoms with E-state index in [2.05, 4.69) is 16.8 Å². The van der Waals surface area contributed by atoms with E-state index in [1.165, 1.54) is 17.7 Å². The van der Waals surface area contributed by atoms with Gasteiger partial charge in [0, 0.05) is 50.4 Å². The zero-order valence-corrected chi connectivity index (χ0v) is 22.0. The van der Waals surface area contributed by atoms with Crippen molar-refractivity contribution < 1.29 is 9.59 Å². The van der Waals surface area contributed by atoms with Gasteiger partial charge in [-0.05, 0) is 44.2 Å². The molecule has 1 saturated carbocycles. The summed E-state index contributed by atoms with van der Waals surface area (Å²) in [6.07, 6.45) is 5.75. The molecule has 0 aromatic heterocycles. The standard InChI is InChI=1S/C29H38N6O2/c1-32-16-18-34(19-17-32)22-12-9-13-23(20-22)35(29(30)37)27-28(36)33(2)25-15-8-7-14-24(25)26(31-27)21-10-5-3-4-6-11-21/h7-9,12-15,20-21,27H,3-6,10-11,16-19H2,1-2H3,(H2,30,37). The summed E-state index contributed by atoms with van der Waals surface area (Å²) in [7, 11) is 3.89. The molecule has 5 rings (SSSR count). The van der Waals surface area contributed by atoms with E-state index < -0.39 is 12.2 Å². The number of likely N-dealkylation sites (N-methyl/N-ethyl adjacent to an activating group) is 2. The average Bonchev–Trinajstić information content (AvgIpc) is 3.24. The van der Waals surface area contributed by atoms with E-state index in [0.717, 1.165) is 74.5 Å². The quantitative estimate of drug-likeness (QED) is 0.639. The van der Waals surface area contributed by atoms with Crippen LogP contribution in [0.2, 0.25) is 0 Å². The van der Waals surface area contributed by atoms with Crippen molar-refractivity contribution in [3.63, 3.8) is 0 Å². The van der Waals surface area contributed by atoms with Gasteiger partial charge in [-0.2, -0.15) is 0 Å². The van der Waals surface area contributed by atoms with Gasteiger partial charge in [-0.1, -0.05) is 49.9 Å². The molecule has 2 aliphatic heterocycles. The zero-order valence-electron chi connectivity index (χ0n) is 22.0. The molecule has 1 saturated heterocycles. The van der Waals surface area contributed by atoms with Crippen LogP contribution >= 0.6 is 0 Å². The molecule has 0 spiro atoms. The number of para-hydroxylation sites is 1. The minimum Gasteiger partial charge on any atom is -0.369 e. The number of carbonyl (C=O) groups excluding carboxylic acids is 2. The van der Waals surface area contributed by atoms with Gasteiger partial charge in [0.15, 0.2) is 0 Å². The number of benzodiazepines with no additional fused rings is 1. The van der Waals surface area contributed by atoms with Crippen LogP contribution < -0.4 is 20.4 Å². The highest BCUT2D eigenvalue weighted by atomic mass is 16.2. The molecule has 2 aromatic rings. The molecule has 2 fully saturated rings. The number of nitrogens with zero attached hydrogens (tertiary/aromatic N) is 5. The smallest absolute Gasteiger partial charge is 0.321 e. The first kappa shape index (κ1) is 25.3. The fourth-order valence-corrected chi connectivity index (χ4v) is 5.87. The molecule has 3 aliphatic rings. The van der Waals surface area contributed by atoms with Crippen molar-refractivity contribution in [2.45, 2.75) is 44.7 Å². The number of hydrogen-bond donors (Lipinski definition) is 1. The third kappa shape index (κ3) is 5.21. The van der Waals surface area contributed by atoms with Gasteiger partial charge in [-0.3, -0.25) is 14.7 Å². The molecule has 1 unspecified atom stereocenters. The summed E-state index contributed by atoms with van der Waals surface area (Å²) < 4.78 is 0. The Labute approximate surface area is 219 Å². The number of nitrogens with two attached hydrogens (primary N) is 1. The first-order valence-electron chi connectivity index (χ1n) is 13.5. The summed E-state index contributed by atoms with van der Waals surface area (Å²) in [6.45, 7) is 3.76. The van der Waals surface area contributed by atoms with Crippen LogP contribution in [0.5, 0.6) is 0 Å². The van der Waals surface area contributed by atoms with Crippen molar-refractivity contribution in [3.8, 4) is 0 Å². The third-order valence-corrected chi connectivity index (χ3v) is 8.05. The largest absolute Gasteiger partial charge is 0.369 e. The molecular formula is C29H38N6O2. The first-order valence-corrected chi connectivity index (χ1v) is 13.5. The third-order valence-electron chi connectivity index (χ3n) is 8.05. The van der Waals surface area contributed by atoms with Gasteiger partial charge in [0.1, 0.15) is 0 Å². The van der Waals surface area contributed by atoms with Crippen LogP contribution in [0.25, 0.3) is 0 Å². The second-order valence-electron chi connectivity index (χ2n) is 10.5. The van der Waals surface area contributed by atoms with Crippen LogP contribution in [0.15, 0.2) is 53.5 Å². The minimum absolute atomic E-state index is 0.247. The monoisotopic (exact) mass is 502 g/mol. The number of amides is 3. The van der Waals surface area contributed by atoms with E-state index in [4.69, 9.17) is 10.7 Å². The Kier molecular flexibility index (Phi) is 7.46. The van der Waals surface area contributed by atoms with E-state index in [1.54, 1.807) is 11.9 Å². The molecule has 0 radical (unpaired) electrons. The number of anilines is 3. The first-order chi connectivity index (χ1) is 17.9. The minimum atomic E-state index is -1.06. The van der Waals surface area contributed by atoms with Crippen LogP contribution in [-0.2, 0) is 4.79 Å². The normalized spacial score (nSPS) is 21.6. The Morgan fingerprint density at radius 1 is 0.946 bits per heavy atom. The Morgan fingerprint density at radius 2 is 1.65 bits per heavy atom. The van der Waals surface area contributed by atoms with E-state index in [0.29, 0.717) is 5.69 Å². The Bertz CT molecular complexity index is 1160. The summed E-state index contributed by atoms with van der Waals surface area (Å²) in [5.74, 6) is -0.0169. The van der Waals surface area contributed by atoms with Crippen molar-refractivity contribution in [3.05, 3.63) is 54.1 Å². The topological polar surface area (TPSA) is 85.5 Å². The highest BCUT2D eigenvalue weighted by molar-refractivity contribution is 6.15. The number of rotatable bonds is 4. The van der Waals surface area contributed by atoms with Gasteiger partial charge >= 0.3 is 6.03 Å². The molecule has 37 heavy (non-hydrogen) atoms. The molecule has 3 amide bonds. The van der Waals surface area contributed by atoms with Gasteiger partial charge in [0.2, 0.25) is 6.17 Å². The van der Waals surface area contributed by atoms with Gasteiger partial charge in [-0.25, -0.2) is 4.79 Å². The van der Waals surface area contributed by atoms with Crippen molar-refractivity contribution in [1.29, 1.82) is 0 Å². The van der Waals surface area contributed by atoms with Crippen LogP contribution in [0.3, 0.4) is 0 Å².